The van der Waals surface area contributed by atoms with E-state index in [-0.39, 0.29) is 0 Å². The highest BCUT2D eigenvalue weighted by Crippen LogP contribution is 2.35. The van der Waals surface area contributed by atoms with Crippen LogP contribution in [0.2, 0.25) is 0 Å². The Balaban J connectivity index is 2.21. The SMILES string of the molecule is CNc1ncnc(N2CCSC(C)(C)CC2)c1Br. The molecule has 0 aliphatic carbocycles. The number of thioether (sulfide) groups is 1. The Hall–Kier alpha value is -0.490. The molecule has 2 heterocycles. The lowest BCUT2D eigenvalue weighted by Gasteiger charge is -2.24. The minimum atomic E-state index is 0.361. The molecular weight excluding hydrogens is 312 g/mol. The number of anilines is 2. The molecule has 0 aromatic carbocycles. The van der Waals surface area contributed by atoms with E-state index in [0.717, 1.165) is 35.0 Å². The molecule has 18 heavy (non-hydrogen) atoms. The molecule has 1 N–H and O–H groups in total. The van der Waals surface area contributed by atoms with Crippen molar-refractivity contribution < 1.29 is 0 Å². The van der Waals surface area contributed by atoms with Crippen LogP contribution < -0.4 is 10.2 Å². The van der Waals surface area contributed by atoms with Gasteiger partial charge in [0, 0.05) is 30.6 Å². The summed E-state index contributed by atoms with van der Waals surface area (Å²) in [7, 11) is 1.87. The molecule has 100 valence electrons. The van der Waals surface area contributed by atoms with Crippen molar-refractivity contribution in [2.45, 2.75) is 25.0 Å². The summed E-state index contributed by atoms with van der Waals surface area (Å²) in [6.07, 6.45) is 2.79. The molecule has 0 radical (unpaired) electrons. The Bertz CT molecular complexity index is 425. The monoisotopic (exact) mass is 330 g/mol. The van der Waals surface area contributed by atoms with Crippen LogP contribution in [0.4, 0.5) is 11.6 Å². The van der Waals surface area contributed by atoms with Gasteiger partial charge in [-0.2, -0.15) is 11.8 Å². The molecule has 0 spiro atoms. The van der Waals surface area contributed by atoms with E-state index in [1.807, 2.05) is 18.8 Å². The van der Waals surface area contributed by atoms with Gasteiger partial charge in [0.2, 0.25) is 0 Å². The summed E-state index contributed by atoms with van der Waals surface area (Å²) in [4.78, 5) is 11.0. The Kier molecular flexibility index (Phi) is 4.37. The molecule has 1 aromatic heterocycles. The van der Waals surface area contributed by atoms with Gasteiger partial charge >= 0.3 is 0 Å². The number of nitrogens with zero attached hydrogens (tertiary/aromatic N) is 3. The van der Waals surface area contributed by atoms with E-state index in [1.54, 1.807) is 6.33 Å². The summed E-state index contributed by atoms with van der Waals surface area (Å²) in [6, 6.07) is 0. The first kappa shape index (κ1) is 13.9. The molecule has 0 atom stereocenters. The maximum Gasteiger partial charge on any atom is 0.148 e. The van der Waals surface area contributed by atoms with E-state index < -0.39 is 0 Å². The highest BCUT2D eigenvalue weighted by molar-refractivity contribution is 9.10. The summed E-state index contributed by atoms with van der Waals surface area (Å²) in [5, 5.41) is 3.08. The Morgan fingerprint density at radius 2 is 2.17 bits per heavy atom. The molecule has 0 saturated carbocycles. The number of hydrogen-bond donors (Lipinski definition) is 1. The lowest BCUT2D eigenvalue weighted by Crippen LogP contribution is -2.28. The Morgan fingerprint density at radius 3 is 2.89 bits per heavy atom. The van der Waals surface area contributed by atoms with Crippen molar-refractivity contribution >= 4 is 39.3 Å². The standard InChI is InChI=1S/C12H19BrN4S/c1-12(2)4-5-17(6-7-18-12)11-9(13)10(14-3)15-8-16-11/h8H,4-7H2,1-3H3,(H,14,15,16). The maximum absolute atomic E-state index is 4.42. The van der Waals surface area contributed by atoms with Crippen molar-refractivity contribution in [3.8, 4) is 0 Å². The second-order valence-corrected chi connectivity index (χ2v) is 7.55. The van der Waals surface area contributed by atoms with Crippen LogP contribution in [-0.4, -0.2) is 40.6 Å². The van der Waals surface area contributed by atoms with Crippen molar-refractivity contribution in [1.82, 2.24) is 9.97 Å². The van der Waals surface area contributed by atoms with Gasteiger partial charge in [-0.15, -0.1) is 0 Å². The van der Waals surface area contributed by atoms with E-state index in [0.29, 0.717) is 4.75 Å². The summed E-state index contributed by atoms with van der Waals surface area (Å²) in [5.74, 6) is 2.97. The van der Waals surface area contributed by atoms with Crippen LogP contribution in [0, 0.1) is 0 Å². The van der Waals surface area contributed by atoms with Crippen molar-refractivity contribution in [2.75, 3.05) is 36.1 Å². The molecule has 1 saturated heterocycles. The predicted molar refractivity (Wildman–Crippen MR) is 82.6 cm³/mol. The summed E-state index contributed by atoms with van der Waals surface area (Å²) in [6.45, 7) is 6.70. The second kappa shape index (κ2) is 5.65. The molecule has 6 heteroatoms. The minimum Gasteiger partial charge on any atom is -0.372 e. The van der Waals surface area contributed by atoms with Gasteiger partial charge in [-0.3, -0.25) is 0 Å². The van der Waals surface area contributed by atoms with E-state index in [9.17, 15) is 0 Å². The van der Waals surface area contributed by atoms with E-state index >= 15 is 0 Å². The molecule has 1 aliphatic rings. The normalized spacial score (nSPS) is 19.4. The molecule has 1 aliphatic heterocycles. The molecule has 0 bridgehead atoms. The first-order valence-corrected chi connectivity index (χ1v) is 7.88. The lowest BCUT2D eigenvalue weighted by molar-refractivity contribution is 0.634. The zero-order valence-electron chi connectivity index (χ0n) is 11.0. The average Bonchev–Trinajstić information content (AvgIpc) is 2.51. The minimum absolute atomic E-state index is 0.361. The third-order valence-corrected chi connectivity index (χ3v) is 5.25. The van der Waals surface area contributed by atoms with Crippen LogP contribution in [0.15, 0.2) is 10.8 Å². The average molecular weight is 331 g/mol. The number of rotatable bonds is 2. The highest BCUT2D eigenvalue weighted by atomic mass is 79.9. The molecule has 4 nitrogen and oxygen atoms in total. The van der Waals surface area contributed by atoms with Crippen LogP contribution in [-0.2, 0) is 0 Å². The molecule has 0 unspecified atom stereocenters. The van der Waals surface area contributed by atoms with Gasteiger partial charge in [-0.05, 0) is 22.4 Å². The van der Waals surface area contributed by atoms with Gasteiger partial charge in [0.1, 0.15) is 22.4 Å². The zero-order chi connectivity index (χ0) is 13.2. The van der Waals surface area contributed by atoms with E-state index in [2.05, 4.69) is 50.0 Å². The Morgan fingerprint density at radius 1 is 1.39 bits per heavy atom. The number of nitrogens with one attached hydrogen (secondary N) is 1. The number of aromatic nitrogens is 2. The van der Waals surface area contributed by atoms with Crippen LogP contribution in [0.25, 0.3) is 0 Å². The van der Waals surface area contributed by atoms with E-state index in [1.165, 1.54) is 6.42 Å². The predicted octanol–water partition coefficient (Wildman–Crippen LogP) is 3.00. The molecule has 2 rings (SSSR count). The first-order valence-electron chi connectivity index (χ1n) is 6.11. The fraction of sp³-hybridized carbons (Fsp3) is 0.667. The van der Waals surface area contributed by atoms with Crippen LogP contribution in [0.3, 0.4) is 0 Å². The largest absolute Gasteiger partial charge is 0.372 e. The van der Waals surface area contributed by atoms with Crippen molar-refractivity contribution in [3.63, 3.8) is 0 Å². The third-order valence-electron chi connectivity index (χ3n) is 3.15. The topological polar surface area (TPSA) is 41.1 Å². The quantitative estimate of drug-likeness (QED) is 0.902. The second-order valence-electron chi connectivity index (χ2n) is 4.96. The Labute approximate surface area is 121 Å². The van der Waals surface area contributed by atoms with Crippen LogP contribution >= 0.6 is 27.7 Å². The maximum atomic E-state index is 4.42. The molecule has 1 aromatic rings. The van der Waals surface area contributed by atoms with Crippen molar-refractivity contribution in [2.24, 2.45) is 0 Å². The van der Waals surface area contributed by atoms with Gasteiger partial charge in [-0.25, -0.2) is 9.97 Å². The lowest BCUT2D eigenvalue weighted by atomic mass is 10.1. The van der Waals surface area contributed by atoms with Crippen molar-refractivity contribution in [1.29, 1.82) is 0 Å². The number of halogens is 1. The van der Waals surface area contributed by atoms with Gasteiger partial charge < -0.3 is 10.2 Å². The van der Waals surface area contributed by atoms with Gasteiger partial charge in [0.25, 0.3) is 0 Å². The third kappa shape index (κ3) is 3.09. The van der Waals surface area contributed by atoms with Gasteiger partial charge in [0.15, 0.2) is 0 Å². The highest BCUT2D eigenvalue weighted by Gasteiger charge is 2.25. The molecule has 0 amide bonds. The van der Waals surface area contributed by atoms with Crippen LogP contribution in [0.5, 0.6) is 0 Å². The van der Waals surface area contributed by atoms with Gasteiger partial charge in [0.05, 0.1) is 0 Å². The van der Waals surface area contributed by atoms with Crippen LogP contribution in [0.1, 0.15) is 20.3 Å². The summed E-state index contributed by atoms with van der Waals surface area (Å²) < 4.78 is 1.32. The fourth-order valence-corrected chi connectivity index (χ4v) is 3.74. The van der Waals surface area contributed by atoms with E-state index in [4.69, 9.17) is 0 Å². The van der Waals surface area contributed by atoms with Gasteiger partial charge in [-0.1, -0.05) is 13.8 Å². The summed E-state index contributed by atoms with van der Waals surface area (Å²) in [5.41, 5.74) is 0. The number of hydrogen-bond acceptors (Lipinski definition) is 5. The van der Waals surface area contributed by atoms with Crippen molar-refractivity contribution in [3.05, 3.63) is 10.8 Å². The fourth-order valence-electron chi connectivity index (χ4n) is 1.99. The summed E-state index contributed by atoms with van der Waals surface area (Å²) >= 11 is 5.63. The molecule has 1 fully saturated rings. The molecular formula is C12H19BrN4S. The zero-order valence-corrected chi connectivity index (χ0v) is 13.4. The smallest absolute Gasteiger partial charge is 0.148 e. The first-order chi connectivity index (χ1) is 8.53.